The Balaban J connectivity index is 1.89. The smallest absolute Gasteiger partial charge is 0.338 e. The van der Waals surface area contributed by atoms with E-state index in [4.69, 9.17) is 10.5 Å². The Morgan fingerprint density at radius 1 is 1.24 bits per heavy atom. The van der Waals surface area contributed by atoms with E-state index >= 15 is 0 Å². The summed E-state index contributed by atoms with van der Waals surface area (Å²) in [5.41, 5.74) is 6.83. The molecule has 21 heavy (non-hydrogen) atoms. The summed E-state index contributed by atoms with van der Waals surface area (Å²) in [7, 11) is 0. The summed E-state index contributed by atoms with van der Waals surface area (Å²) < 4.78 is 4.92. The van der Waals surface area contributed by atoms with Gasteiger partial charge < -0.3 is 15.8 Å². The molecule has 0 aliphatic heterocycles. The normalized spacial score (nSPS) is 16.5. The third-order valence-electron chi connectivity index (χ3n) is 3.87. The molecule has 1 amide bonds. The molecule has 5 heteroatoms. The molecule has 5 nitrogen and oxygen atoms in total. The third kappa shape index (κ3) is 3.82. The highest BCUT2D eigenvalue weighted by atomic mass is 16.5. The van der Waals surface area contributed by atoms with Crippen molar-refractivity contribution in [2.45, 2.75) is 44.7 Å². The van der Waals surface area contributed by atoms with Crippen LogP contribution in [0.15, 0.2) is 24.3 Å². The van der Waals surface area contributed by atoms with Crippen molar-refractivity contribution < 1.29 is 14.3 Å². The minimum absolute atomic E-state index is 0.0885. The zero-order valence-corrected chi connectivity index (χ0v) is 12.4. The quantitative estimate of drug-likeness (QED) is 0.809. The Kier molecular flexibility index (Phi) is 4.96. The maximum Gasteiger partial charge on any atom is 0.338 e. The Morgan fingerprint density at radius 2 is 1.86 bits per heavy atom. The van der Waals surface area contributed by atoms with Gasteiger partial charge in [-0.25, -0.2) is 4.79 Å². The first-order valence-electron chi connectivity index (χ1n) is 7.38. The number of nitrogens with one attached hydrogen (secondary N) is 1. The molecule has 0 spiro atoms. The predicted octanol–water partition coefficient (Wildman–Crippen LogP) is 1.75. The van der Waals surface area contributed by atoms with Crippen LogP contribution in [-0.4, -0.2) is 24.0 Å². The van der Waals surface area contributed by atoms with Gasteiger partial charge in [-0.1, -0.05) is 25.0 Å². The second-order valence-corrected chi connectivity index (χ2v) is 5.46. The van der Waals surface area contributed by atoms with Crippen molar-refractivity contribution in [2.24, 2.45) is 5.73 Å². The monoisotopic (exact) mass is 290 g/mol. The standard InChI is InChI=1S/C16H22N2O3/c1-2-21-14(19)13-7-5-12(6-8-13)11-18-15(20)16(17)9-3-4-10-16/h5-8H,2-4,9-11,17H2,1H3,(H,18,20). The second kappa shape index (κ2) is 6.72. The molecule has 0 atom stereocenters. The number of carbonyl (C=O) groups is 2. The van der Waals surface area contributed by atoms with E-state index in [2.05, 4.69) is 5.32 Å². The zero-order chi connectivity index (χ0) is 15.3. The molecular weight excluding hydrogens is 268 g/mol. The van der Waals surface area contributed by atoms with Crippen LogP contribution < -0.4 is 11.1 Å². The fraction of sp³-hybridized carbons (Fsp3) is 0.500. The van der Waals surface area contributed by atoms with E-state index in [9.17, 15) is 9.59 Å². The molecule has 0 saturated heterocycles. The SMILES string of the molecule is CCOC(=O)c1ccc(CNC(=O)C2(N)CCCC2)cc1. The first-order chi connectivity index (χ1) is 10.0. The number of amides is 1. The lowest BCUT2D eigenvalue weighted by Crippen LogP contribution is -2.51. The van der Waals surface area contributed by atoms with E-state index in [1.807, 2.05) is 12.1 Å². The van der Waals surface area contributed by atoms with Crippen molar-refractivity contribution in [1.82, 2.24) is 5.32 Å². The Morgan fingerprint density at radius 3 is 2.43 bits per heavy atom. The lowest BCUT2D eigenvalue weighted by molar-refractivity contribution is -0.126. The van der Waals surface area contributed by atoms with Crippen LogP contribution in [0.3, 0.4) is 0 Å². The van der Waals surface area contributed by atoms with Gasteiger partial charge in [-0.05, 0) is 37.5 Å². The summed E-state index contributed by atoms with van der Waals surface area (Å²) in [4.78, 5) is 23.6. The van der Waals surface area contributed by atoms with E-state index in [1.54, 1.807) is 19.1 Å². The maximum absolute atomic E-state index is 12.1. The topological polar surface area (TPSA) is 81.4 Å². The van der Waals surface area contributed by atoms with Gasteiger partial charge >= 0.3 is 5.97 Å². The molecule has 3 N–H and O–H groups in total. The number of ether oxygens (including phenoxy) is 1. The predicted molar refractivity (Wildman–Crippen MR) is 79.6 cm³/mol. The lowest BCUT2D eigenvalue weighted by atomic mass is 9.98. The third-order valence-corrected chi connectivity index (χ3v) is 3.87. The van der Waals surface area contributed by atoms with Crippen LogP contribution in [-0.2, 0) is 16.1 Å². The molecule has 2 rings (SSSR count). The molecule has 0 bridgehead atoms. The molecule has 1 aromatic rings. The lowest BCUT2D eigenvalue weighted by Gasteiger charge is -2.22. The van der Waals surface area contributed by atoms with Crippen molar-refractivity contribution >= 4 is 11.9 Å². The van der Waals surface area contributed by atoms with Crippen LogP contribution in [0.2, 0.25) is 0 Å². The van der Waals surface area contributed by atoms with Gasteiger partial charge in [0.2, 0.25) is 5.91 Å². The van der Waals surface area contributed by atoms with Crippen LogP contribution in [0.1, 0.15) is 48.5 Å². The van der Waals surface area contributed by atoms with Gasteiger partial charge in [0.15, 0.2) is 0 Å². The number of benzene rings is 1. The molecule has 1 aliphatic rings. The molecule has 114 valence electrons. The highest BCUT2D eigenvalue weighted by Gasteiger charge is 2.36. The molecule has 0 aromatic heterocycles. The van der Waals surface area contributed by atoms with Crippen LogP contribution in [0.4, 0.5) is 0 Å². The Bertz CT molecular complexity index is 505. The molecular formula is C16H22N2O3. The zero-order valence-electron chi connectivity index (χ0n) is 12.4. The summed E-state index contributed by atoms with van der Waals surface area (Å²) in [6.07, 6.45) is 3.53. The Hall–Kier alpha value is -1.88. The molecule has 0 heterocycles. The van der Waals surface area contributed by atoms with Crippen molar-refractivity contribution in [2.75, 3.05) is 6.61 Å². The fourth-order valence-corrected chi connectivity index (χ4v) is 2.56. The number of carbonyl (C=O) groups excluding carboxylic acids is 2. The summed E-state index contributed by atoms with van der Waals surface area (Å²) in [6.45, 7) is 2.55. The van der Waals surface area contributed by atoms with Crippen molar-refractivity contribution in [3.63, 3.8) is 0 Å². The molecule has 0 unspecified atom stereocenters. The van der Waals surface area contributed by atoms with Crippen molar-refractivity contribution in [1.29, 1.82) is 0 Å². The molecule has 0 radical (unpaired) electrons. The van der Waals surface area contributed by atoms with Crippen molar-refractivity contribution in [3.05, 3.63) is 35.4 Å². The van der Waals surface area contributed by atoms with Gasteiger partial charge in [-0.15, -0.1) is 0 Å². The van der Waals surface area contributed by atoms with Crippen LogP contribution >= 0.6 is 0 Å². The van der Waals surface area contributed by atoms with Gasteiger partial charge in [-0.2, -0.15) is 0 Å². The van der Waals surface area contributed by atoms with E-state index in [0.29, 0.717) is 18.7 Å². The van der Waals surface area contributed by atoms with E-state index < -0.39 is 5.54 Å². The van der Waals surface area contributed by atoms with Crippen LogP contribution in [0.5, 0.6) is 0 Å². The summed E-state index contributed by atoms with van der Waals surface area (Å²) in [5.74, 6) is -0.422. The minimum atomic E-state index is -0.703. The van der Waals surface area contributed by atoms with E-state index in [0.717, 1.165) is 31.2 Å². The Labute approximate surface area is 124 Å². The molecule has 1 aromatic carbocycles. The highest BCUT2D eigenvalue weighted by molar-refractivity contribution is 5.89. The van der Waals surface area contributed by atoms with Gasteiger partial charge in [0.1, 0.15) is 0 Å². The average Bonchev–Trinajstić information content (AvgIpc) is 2.93. The largest absolute Gasteiger partial charge is 0.462 e. The maximum atomic E-state index is 12.1. The number of rotatable bonds is 5. The van der Waals surface area contributed by atoms with Crippen molar-refractivity contribution in [3.8, 4) is 0 Å². The first-order valence-corrected chi connectivity index (χ1v) is 7.38. The van der Waals surface area contributed by atoms with Crippen LogP contribution in [0.25, 0.3) is 0 Å². The van der Waals surface area contributed by atoms with E-state index in [-0.39, 0.29) is 11.9 Å². The molecule has 1 saturated carbocycles. The number of esters is 1. The molecule has 1 aliphatic carbocycles. The average molecular weight is 290 g/mol. The number of hydrogen-bond donors (Lipinski definition) is 2. The summed E-state index contributed by atoms with van der Waals surface area (Å²) >= 11 is 0. The summed E-state index contributed by atoms with van der Waals surface area (Å²) in [6, 6.07) is 7.02. The highest BCUT2D eigenvalue weighted by Crippen LogP contribution is 2.27. The number of nitrogens with two attached hydrogens (primary N) is 1. The van der Waals surface area contributed by atoms with E-state index in [1.165, 1.54) is 0 Å². The fourth-order valence-electron chi connectivity index (χ4n) is 2.56. The molecule has 1 fully saturated rings. The van der Waals surface area contributed by atoms with Gasteiger partial charge in [0.05, 0.1) is 17.7 Å². The minimum Gasteiger partial charge on any atom is -0.462 e. The van der Waals surface area contributed by atoms with Gasteiger partial charge in [-0.3, -0.25) is 4.79 Å². The van der Waals surface area contributed by atoms with Gasteiger partial charge in [0, 0.05) is 6.54 Å². The van der Waals surface area contributed by atoms with Gasteiger partial charge in [0.25, 0.3) is 0 Å². The first kappa shape index (κ1) is 15.5. The second-order valence-electron chi connectivity index (χ2n) is 5.46. The number of hydrogen-bond acceptors (Lipinski definition) is 4. The van der Waals surface area contributed by atoms with Crippen LogP contribution in [0, 0.1) is 0 Å². The summed E-state index contributed by atoms with van der Waals surface area (Å²) in [5, 5.41) is 2.88.